The first-order valence-corrected chi connectivity index (χ1v) is 10.00. The summed E-state index contributed by atoms with van der Waals surface area (Å²) in [6.45, 7) is 0. The number of halogens is 1. The second-order valence-corrected chi connectivity index (χ2v) is 8.03. The Kier molecular flexibility index (Phi) is 4.41. The van der Waals surface area contributed by atoms with Gasteiger partial charge in [-0.1, -0.05) is 54.6 Å². The van der Waals surface area contributed by atoms with Crippen molar-refractivity contribution >= 4 is 20.6 Å². The maximum atomic E-state index is 13.9. The van der Waals surface area contributed by atoms with Crippen LogP contribution in [0, 0.1) is 17.1 Å². The highest BCUT2D eigenvalue weighted by atomic mass is 32.2. The largest absolute Gasteiger partial charge is 0.423 e. The Morgan fingerprint density at radius 1 is 1.00 bits per heavy atom. The Hall–Kier alpha value is -3.50. The summed E-state index contributed by atoms with van der Waals surface area (Å²) in [5.41, 5.74) is 0.218. The highest BCUT2D eigenvalue weighted by molar-refractivity contribution is 7.90. The highest BCUT2D eigenvalue weighted by Crippen LogP contribution is 2.32. The third-order valence-electron chi connectivity index (χ3n) is 4.31. The standard InChI is InChI=1S/C21H13FN2O3S/c22-18-11-4-2-7-15(18)13-28(25,26)21-19(12-23)24-20(27-21)17-10-5-8-14-6-1-3-9-16(14)17/h1-11H,13H2. The van der Waals surface area contributed by atoms with E-state index in [1.165, 1.54) is 18.2 Å². The molecule has 1 heterocycles. The maximum Gasteiger partial charge on any atom is 0.257 e. The van der Waals surface area contributed by atoms with Crippen molar-refractivity contribution in [1.82, 2.24) is 4.98 Å². The molecular weight excluding hydrogens is 379 g/mol. The summed E-state index contributed by atoms with van der Waals surface area (Å²) in [5.74, 6) is -1.24. The van der Waals surface area contributed by atoms with Crippen LogP contribution in [0.5, 0.6) is 0 Å². The molecule has 0 unspecified atom stereocenters. The monoisotopic (exact) mass is 392 g/mol. The van der Waals surface area contributed by atoms with Crippen molar-refractivity contribution in [1.29, 1.82) is 5.26 Å². The molecule has 0 amide bonds. The van der Waals surface area contributed by atoms with Crippen LogP contribution in [0.3, 0.4) is 0 Å². The van der Waals surface area contributed by atoms with Crippen molar-refractivity contribution in [3.05, 3.63) is 83.8 Å². The first-order valence-electron chi connectivity index (χ1n) is 8.35. The van der Waals surface area contributed by atoms with E-state index in [9.17, 15) is 18.1 Å². The molecular formula is C21H13FN2O3S. The second kappa shape index (κ2) is 6.91. The van der Waals surface area contributed by atoms with Crippen LogP contribution in [0.15, 0.2) is 76.2 Å². The molecule has 0 N–H and O–H groups in total. The minimum atomic E-state index is -4.11. The van der Waals surface area contributed by atoms with E-state index in [1.54, 1.807) is 24.3 Å². The molecule has 4 rings (SSSR count). The summed E-state index contributed by atoms with van der Waals surface area (Å²) in [7, 11) is -4.11. The van der Waals surface area contributed by atoms with E-state index in [4.69, 9.17) is 4.42 Å². The van der Waals surface area contributed by atoms with Gasteiger partial charge in [0, 0.05) is 11.1 Å². The molecule has 0 aliphatic rings. The van der Waals surface area contributed by atoms with Gasteiger partial charge in [0.25, 0.3) is 5.09 Å². The number of oxazole rings is 1. The molecule has 3 aromatic carbocycles. The van der Waals surface area contributed by atoms with Crippen molar-refractivity contribution < 1.29 is 17.2 Å². The quantitative estimate of drug-likeness (QED) is 0.511. The van der Waals surface area contributed by atoms with Gasteiger partial charge in [0.15, 0.2) is 5.69 Å². The molecule has 0 bridgehead atoms. The van der Waals surface area contributed by atoms with E-state index >= 15 is 0 Å². The van der Waals surface area contributed by atoms with E-state index in [-0.39, 0.29) is 17.1 Å². The molecule has 0 aliphatic carbocycles. The Balaban J connectivity index is 1.83. The summed E-state index contributed by atoms with van der Waals surface area (Å²) in [6.07, 6.45) is 0. The molecule has 0 spiro atoms. The van der Waals surface area contributed by atoms with Crippen LogP contribution in [0.1, 0.15) is 11.3 Å². The fraction of sp³-hybridized carbons (Fsp3) is 0.0476. The highest BCUT2D eigenvalue weighted by Gasteiger charge is 2.28. The van der Waals surface area contributed by atoms with Gasteiger partial charge in [-0.2, -0.15) is 10.2 Å². The number of fused-ring (bicyclic) bond motifs is 1. The van der Waals surface area contributed by atoms with Gasteiger partial charge in [0.05, 0.1) is 5.75 Å². The van der Waals surface area contributed by atoms with Gasteiger partial charge in [-0.25, -0.2) is 12.8 Å². The number of aromatic nitrogens is 1. The fourth-order valence-corrected chi connectivity index (χ4v) is 4.37. The molecule has 1 aromatic heterocycles. The minimum absolute atomic E-state index is 0.00509. The molecule has 0 saturated heterocycles. The molecule has 28 heavy (non-hydrogen) atoms. The first-order chi connectivity index (χ1) is 13.5. The lowest BCUT2D eigenvalue weighted by Crippen LogP contribution is -2.07. The second-order valence-electron chi connectivity index (χ2n) is 6.14. The fourth-order valence-electron chi connectivity index (χ4n) is 3.00. The number of nitriles is 1. The number of benzene rings is 3. The van der Waals surface area contributed by atoms with Crippen molar-refractivity contribution in [2.75, 3.05) is 0 Å². The topological polar surface area (TPSA) is 84.0 Å². The first kappa shape index (κ1) is 17.9. The summed E-state index contributed by atoms with van der Waals surface area (Å²) >= 11 is 0. The van der Waals surface area contributed by atoms with Crippen molar-refractivity contribution in [2.24, 2.45) is 0 Å². The number of nitrogens with zero attached hydrogens (tertiary/aromatic N) is 2. The molecule has 0 radical (unpaired) electrons. The summed E-state index contributed by atoms with van der Waals surface area (Å²) in [6, 6.07) is 20.3. The maximum absolute atomic E-state index is 13.9. The zero-order chi connectivity index (χ0) is 19.7. The lowest BCUT2D eigenvalue weighted by Gasteiger charge is -2.04. The van der Waals surface area contributed by atoms with Gasteiger partial charge in [0.1, 0.15) is 11.9 Å². The lowest BCUT2D eigenvalue weighted by molar-refractivity contribution is 0.457. The van der Waals surface area contributed by atoms with Gasteiger partial charge >= 0.3 is 0 Å². The normalized spacial score (nSPS) is 11.4. The van der Waals surface area contributed by atoms with Crippen molar-refractivity contribution in [3.8, 4) is 17.5 Å². The molecule has 0 aliphatic heterocycles. The van der Waals surface area contributed by atoms with Crippen LogP contribution in [-0.2, 0) is 15.6 Å². The lowest BCUT2D eigenvalue weighted by atomic mass is 10.0. The van der Waals surface area contributed by atoms with E-state index in [0.717, 1.165) is 10.8 Å². The van der Waals surface area contributed by atoms with E-state index in [0.29, 0.717) is 5.56 Å². The zero-order valence-corrected chi connectivity index (χ0v) is 15.3. The van der Waals surface area contributed by atoms with Crippen LogP contribution < -0.4 is 0 Å². The van der Waals surface area contributed by atoms with Gasteiger partial charge in [-0.15, -0.1) is 0 Å². The Labute approximate surface area is 160 Å². The van der Waals surface area contributed by atoms with Crippen LogP contribution in [0.25, 0.3) is 22.2 Å². The van der Waals surface area contributed by atoms with Crippen LogP contribution >= 0.6 is 0 Å². The SMILES string of the molecule is N#Cc1nc(-c2cccc3ccccc23)oc1S(=O)(=O)Cc1ccccc1F. The van der Waals surface area contributed by atoms with Crippen LogP contribution in [0.2, 0.25) is 0 Å². The molecule has 7 heteroatoms. The van der Waals surface area contributed by atoms with Gasteiger partial charge in [-0.3, -0.25) is 0 Å². The van der Waals surface area contributed by atoms with E-state index < -0.39 is 26.5 Å². The Morgan fingerprint density at radius 3 is 2.50 bits per heavy atom. The van der Waals surface area contributed by atoms with Gasteiger partial charge in [-0.05, 0) is 22.9 Å². The molecule has 4 aromatic rings. The summed E-state index contributed by atoms with van der Waals surface area (Å²) in [5, 5.41) is 10.5. The zero-order valence-electron chi connectivity index (χ0n) is 14.5. The van der Waals surface area contributed by atoms with E-state index in [1.807, 2.05) is 30.3 Å². The van der Waals surface area contributed by atoms with Crippen molar-refractivity contribution in [3.63, 3.8) is 0 Å². The molecule has 0 fully saturated rings. The predicted octanol–water partition coefficient (Wildman–Crippen LogP) is 4.48. The number of hydrogen-bond donors (Lipinski definition) is 0. The molecule has 5 nitrogen and oxygen atoms in total. The Morgan fingerprint density at radius 2 is 1.71 bits per heavy atom. The van der Waals surface area contributed by atoms with Gasteiger partial charge in [0.2, 0.25) is 15.7 Å². The molecule has 138 valence electrons. The minimum Gasteiger partial charge on any atom is -0.423 e. The third kappa shape index (κ3) is 3.15. The van der Waals surface area contributed by atoms with E-state index in [2.05, 4.69) is 4.98 Å². The average Bonchev–Trinajstić information content (AvgIpc) is 3.14. The molecule has 0 saturated carbocycles. The van der Waals surface area contributed by atoms with Gasteiger partial charge < -0.3 is 4.42 Å². The van der Waals surface area contributed by atoms with Crippen LogP contribution in [0.4, 0.5) is 4.39 Å². The molecule has 0 atom stereocenters. The Bertz CT molecular complexity index is 1330. The number of hydrogen-bond acceptors (Lipinski definition) is 5. The summed E-state index contributed by atoms with van der Waals surface area (Å²) < 4.78 is 45.0. The number of rotatable bonds is 4. The number of sulfone groups is 1. The third-order valence-corrected chi connectivity index (χ3v) is 5.84. The smallest absolute Gasteiger partial charge is 0.257 e. The van der Waals surface area contributed by atoms with Crippen molar-refractivity contribution in [2.45, 2.75) is 10.8 Å². The van der Waals surface area contributed by atoms with Crippen LogP contribution in [-0.4, -0.2) is 13.4 Å². The summed E-state index contributed by atoms with van der Waals surface area (Å²) in [4.78, 5) is 4.08. The predicted molar refractivity (Wildman–Crippen MR) is 101 cm³/mol. The average molecular weight is 392 g/mol.